The van der Waals surface area contributed by atoms with Crippen LogP contribution in [0.15, 0.2) is 30.5 Å². The Bertz CT molecular complexity index is 437. The Morgan fingerprint density at radius 2 is 2.27 bits per heavy atom. The molecular weight excluding hydrogens is 190 g/mol. The zero-order valence-electron chi connectivity index (χ0n) is 8.53. The van der Waals surface area contributed by atoms with Crippen molar-refractivity contribution in [2.75, 3.05) is 12.8 Å². The molecule has 1 aromatic carbocycles. The molecule has 0 fully saturated rings. The van der Waals surface area contributed by atoms with E-state index in [2.05, 4.69) is 10.2 Å². The van der Waals surface area contributed by atoms with Crippen LogP contribution in [-0.2, 0) is 6.42 Å². The van der Waals surface area contributed by atoms with Crippen LogP contribution in [0.25, 0.3) is 0 Å². The van der Waals surface area contributed by atoms with Gasteiger partial charge in [-0.3, -0.25) is 5.10 Å². The fraction of sp³-hybridized carbons (Fsp3) is 0.182. The van der Waals surface area contributed by atoms with Crippen molar-refractivity contribution in [1.82, 2.24) is 10.2 Å². The Kier molecular flexibility index (Phi) is 2.58. The zero-order valence-corrected chi connectivity index (χ0v) is 8.53. The fourth-order valence-corrected chi connectivity index (χ4v) is 1.50. The number of nitrogens with zero attached hydrogens (tertiary/aromatic N) is 1. The molecule has 0 aliphatic carbocycles. The van der Waals surface area contributed by atoms with Gasteiger partial charge < -0.3 is 10.5 Å². The minimum Gasteiger partial charge on any atom is -0.496 e. The molecule has 4 heteroatoms. The summed E-state index contributed by atoms with van der Waals surface area (Å²) in [5, 5.41) is 6.82. The predicted octanol–water partition coefficient (Wildman–Crippen LogP) is 1.59. The van der Waals surface area contributed by atoms with E-state index in [1.807, 2.05) is 24.3 Å². The van der Waals surface area contributed by atoms with Crippen molar-refractivity contribution in [1.29, 1.82) is 0 Å². The maximum atomic E-state index is 5.68. The van der Waals surface area contributed by atoms with Crippen molar-refractivity contribution in [3.63, 3.8) is 0 Å². The summed E-state index contributed by atoms with van der Waals surface area (Å²) in [6, 6.07) is 7.60. The first-order valence-corrected chi connectivity index (χ1v) is 4.70. The van der Waals surface area contributed by atoms with Crippen molar-refractivity contribution in [2.45, 2.75) is 6.42 Å². The predicted molar refractivity (Wildman–Crippen MR) is 58.8 cm³/mol. The quantitative estimate of drug-likeness (QED) is 0.744. The van der Waals surface area contributed by atoms with Crippen LogP contribution in [0, 0.1) is 0 Å². The van der Waals surface area contributed by atoms with Gasteiger partial charge in [0.05, 0.1) is 7.11 Å². The summed E-state index contributed by atoms with van der Waals surface area (Å²) in [7, 11) is 1.64. The molecule has 3 N–H and O–H groups in total. The molecule has 15 heavy (non-hydrogen) atoms. The topological polar surface area (TPSA) is 63.9 Å². The second kappa shape index (κ2) is 4.04. The molecule has 0 atom stereocenters. The van der Waals surface area contributed by atoms with Gasteiger partial charge in [0.15, 0.2) is 0 Å². The van der Waals surface area contributed by atoms with Gasteiger partial charge in [0.25, 0.3) is 0 Å². The van der Waals surface area contributed by atoms with Crippen LogP contribution in [-0.4, -0.2) is 17.3 Å². The number of rotatable bonds is 3. The van der Waals surface area contributed by atoms with E-state index in [9.17, 15) is 0 Å². The van der Waals surface area contributed by atoms with Crippen LogP contribution in [0.4, 0.5) is 5.69 Å². The second-order valence-corrected chi connectivity index (χ2v) is 3.33. The van der Waals surface area contributed by atoms with E-state index in [0.717, 1.165) is 23.4 Å². The SMILES string of the molecule is COc1cc(N)ccc1Cc1ccn[nH]1. The molecule has 0 radical (unpaired) electrons. The Labute approximate surface area is 88.1 Å². The zero-order chi connectivity index (χ0) is 10.7. The molecular formula is C11H13N3O. The Hall–Kier alpha value is -1.97. The number of benzene rings is 1. The molecule has 2 aromatic rings. The third-order valence-corrected chi connectivity index (χ3v) is 2.25. The molecule has 4 nitrogen and oxygen atoms in total. The molecule has 78 valence electrons. The first kappa shape index (κ1) is 9.58. The highest BCUT2D eigenvalue weighted by Crippen LogP contribution is 2.23. The summed E-state index contributed by atoms with van der Waals surface area (Å²) in [6.07, 6.45) is 2.50. The smallest absolute Gasteiger partial charge is 0.124 e. The number of aromatic nitrogens is 2. The third kappa shape index (κ3) is 2.10. The van der Waals surface area contributed by atoms with E-state index in [4.69, 9.17) is 10.5 Å². The van der Waals surface area contributed by atoms with Gasteiger partial charge in [-0.25, -0.2) is 0 Å². The number of ether oxygens (including phenoxy) is 1. The van der Waals surface area contributed by atoms with Crippen LogP contribution < -0.4 is 10.5 Å². The molecule has 0 saturated heterocycles. The fourth-order valence-electron chi connectivity index (χ4n) is 1.50. The summed E-state index contributed by atoms with van der Waals surface area (Å²) in [4.78, 5) is 0. The van der Waals surface area contributed by atoms with Gasteiger partial charge >= 0.3 is 0 Å². The lowest BCUT2D eigenvalue weighted by Crippen LogP contribution is -1.96. The molecule has 1 aromatic heterocycles. The Morgan fingerprint density at radius 1 is 1.40 bits per heavy atom. The van der Waals surface area contributed by atoms with Gasteiger partial charge in [0, 0.05) is 35.6 Å². The highest BCUT2D eigenvalue weighted by Gasteiger charge is 2.04. The van der Waals surface area contributed by atoms with Crippen LogP contribution >= 0.6 is 0 Å². The van der Waals surface area contributed by atoms with Gasteiger partial charge in [-0.1, -0.05) is 6.07 Å². The first-order chi connectivity index (χ1) is 7.29. The van der Waals surface area contributed by atoms with Gasteiger partial charge in [-0.15, -0.1) is 0 Å². The minimum absolute atomic E-state index is 0.709. The number of anilines is 1. The van der Waals surface area contributed by atoms with Gasteiger partial charge in [-0.05, 0) is 12.1 Å². The van der Waals surface area contributed by atoms with Crippen molar-refractivity contribution in [2.24, 2.45) is 0 Å². The van der Waals surface area contributed by atoms with Crippen LogP contribution in [0.3, 0.4) is 0 Å². The van der Waals surface area contributed by atoms with Crippen molar-refractivity contribution in [3.05, 3.63) is 41.7 Å². The number of nitrogens with one attached hydrogen (secondary N) is 1. The lowest BCUT2D eigenvalue weighted by molar-refractivity contribution is 0.410. The molecule has 1 heterocycles. The Morgan fingerprint density at radius 3 is 2.93 bits per heavy atom. The summed E-state index contributed by atoms with van der Waals surface area (Å²) in [5.74, 6) is 0.810. The number of nitrogens with two attached hydrogens (primary N) is 1. The highest BCUT2D eigenvalue weighted by molar-refractivity contribution is 5.49. The molecule has 0 bridgehead atoms. The lowest BCUT2D eigenvalue weighted by Gasteiger charge is -2.07. The summed E-state index contributed by atoms with van der Waals surface area (Å²) >= 11 is 0. The minimum atomic E-state index is 0.709. The van der Waals surface area contributed by atoms with E-state index in [1.165, 1.54) is 0 Å². The van der Waals surface area contributed by atoms with Crippen molar-refractivity contribution in [3.8, 4) is 5.75 Å². The largest absolute Gasteiger partial charge is 0.496 e. The number of aromatic amines is 1. The standard InChI is InChI=1S/C11H13N3O/c1-15-11-7-9(12)3-2-8(11)6-10-4-5-13-14-10/h2-5,7H,6,12H2,1H3,(H,13,14). The highest BCUT2D eigenvalue weighted by atomic mass is 16.5. The van der Waals surface area contributed by atoms with Crippen LogP contribution in [0.1, 0.15) is 11.3 Å². The summed E-state index contributed by atoms with van der Waals surface area (Å²) in [6.45, 7) is 0. The van der Waals surface area contributed by atoms with E-state index < -0.39 is 0 Å². The lowest BCUT2D eigenvalue weighted by atomic mass is 10.1. The van der Waals surface area contributed by atoms with E-state index >= 15 is 0 Å². The maximum Gasteiger partial charge on any atom is 0.124 e. The van der Waals surface area contributed by atoms with Crippen LogP contribution in [0.2, 0.25) is 0 Å². The van der Waals surface area contributed by atoms with Gasteiger partial charge in [-0.2, -0.15) is 5.10 Å². The number of hydrogen-bond acceptors (Lipinski definition) is 3. The molecule has 0 spiro atoms. The molecule has 0 unspecified atom stereocenters. The number of nitrogen functional groups attached to an aromatic ring is 1. The van der Waals surface area contributed by atoms with Crippen molar-refractivity contribution < 1.29 is 4.74 Å². The molecule has 0 saturated carbocycles. The summed E-state index contributed by atoms with van der Waals surface area (Å²) < 4.78 is 5.26. The average Bonchev–Trinajstić information content (AvgIpc) is 2.73. The first-order valence-electron chi connectivity index (χ1n) is 4.70. The second-order valence-electron chi connectivity index (χ2n) is 3.33. The third-order valence-electron chi connectivity index (χ3n) is 2.25. The van der Waals surface area contributed by atoms with Gasteiger partial charge in [0.1, 0.15) is 5.75 Å². The molecule has 0 amide bonds. The summed E-state index contributed by atoms with van der Waals surface area (Å²) in [5.41, 5.74) is 8.53. The van der Waals surface area contributed by atoms with E-state index in [-0.39, 0.29) is 0 Å². The van der Waals surface area contributed by atoms with Crippen LogP contribution in [0.5, 0.6) is 5.75 Å². The molecule has 2 rings (SSSR count). The van der Waals surface area contributed by atoms with Gasteiger partial charge in [0.2, 0.25) is 0 Å². The average molecular weight is 203 g/mol. The molecule has 0 aliphatic rings. The van der Waals surface area contributed by atoms with E-state index in [1.54, 1.807) is 13.3 Å². The van der Waals surface area contributed by atoms with E-state index in [0.29, 0.717) is 5.69 Å². The number of H-pyrrole nitrogens is 1. The molecule has 0 aliphatic heterocycles. The Balaban J connectivity index is 2.28. The monoisotopic (exact) mass is 203 g/mol. The number of methoxy groups -OCH3 is 1. The maximum absolute atomic E-state index is 5.68. The normalized spacial score (nSPS) is 10.2. The number of hydrogen-bond donors (Lipinski definition) is 2. The van der Waals surface area contributed by atoms with Crippen molar-refractivity contribution >= 4 is 5.69 Å².